The van der Waals surface area contributed by atoms with Crippen LogP contribution in [0.2, 0.25) is 0 Å². The molecule has 0 aliphatic heterocycles. The number of pyridine rings is 1. The minimum atomic E-state index is -0.586. The molecular formula is C49H58F2N4S2. The molecule has 0 N–H and O–H groups in total. The Kier molecular flexibility index (Phi) is 12.8. The molecule has 0 amide bonds. The molecule has 0 saturated carbocycles. The van der Waals surface area contributed by atoms with E-state index >= 15 is 0 Å². The van der Waals surface area contributed by atoms with Crippen LogP contribution in [0.4, 0.5) is 8.78 Å². The molecule has 300 valence electrons. The maximum atomic E-state index is 13.4. The van der Waals surface area contributed by atoms with E-state index in [2.05, 4.69) is 169 Å². The highest BCUT2D eigenvalue weighted by Crippen LogP contribution is 2.34. The number of aryl methyl sites for hydroxylation is 2. The molecule has 0 saturated heterocycles. The van der Waals surface area contributed by atoms with Gasteiger partial charge in [-0.3, -0.25) is 4.98 Å². The van der Waals surface area contributed by atoms with Crippen LogP contribution in [0.15, 0.2) is 97.3 Å². The van der Waals surface area contributed by atoms with E-state index in [1.54, 1.807) is 0 Å². The molecule has 4 aromatic carbocycles. The van der Waals surface area contributed by atoms with Crippen molar-refractivity contribution in [1.29, 1.82) is 0 Å². The minimum absolute atomic E-state index is 0.132. The van der Waals surface area contributed by atoms with Gasteiger partial charge in [-0.05, 0) is 82.3 Å². The number of halogens is 2. The van der Waals surface area contributed by atoms with Gasteiger partial charge in [-0.25, -0.2) is 18.7 Å². The van der Waals surface area contributed by atoms with Gasteiger partial charge in [0.2, 0.25) is 0 Å². The Bertz CT molecular complexity index is 2600. The van der Waals surface area contributed by atoms with Crippen LogP contribution in [0.3, 0.4) is 0 Å². The summed E-state index contributed by atoms with van der Waals surface area (Å²) >= 11 is 3.15. The van der Waals surface area contributed by atoms with Gasteiger partial charge in [0.15, 0.2) is 5.82 Å². The molecule has 57 heavy (non-hydrogen) atoms. The van der Waals surface area contributed by atoms with Crippen LogP contribution < -0.4 is 0 Å². The zero-order valence-corrected chi connectivity index (χ0v) is 37.7. The molecule has 0 spiro atoms. The molecule has 0 radical (unpaired) electrons. The van der Waals surface area contributed by atoms with Crippen LogP contribution in [0.25, 0.3) is 42.2 Å². The lowest BCUT2D eigenvalue weighted by atomic mass is 9.85. The van der Waals surface area contributed by atoms with Gasteiger partial charge in [-0.15, -0.1) is 22.7 Å². The fourth-order valence-electron chi connectivity index (χ4n) is 6.09. The van der Waals surface area contributed by atoms with Crippen molar-refractivity contribution in [3.05, 3.63) is 136 Å². The Morgan fingerprint density at radius 1 is 0.579 bits per heavy atom. The summed E-state index contributed by atoms with van der Waals surface area (Å²) in [5.74, 6) is -1.14. The number of nitrogens with zero attached hydrogens (tertiary/aromatic N) is 4. The van der Waals surface area contributed by atoms with Crippen LogP contribution in [-0.4, -0.2) is 19.5 Å². The summed E-state index contributed by atoms with van der Waals surface area (Å²) in [6.07, 6.45) is 3.97. The van der Waals surface area contributed by atoms with Crippen molar-refractivity contribution < 1.29 is 8.78 Å². The smallest absolute Gasteiger partial charge is 0.153 e. The standard InChI is InChI=1S/C13H17N.C13H15N.C12H15NS.C11H11F2NS/c1-13(2,3)11-5-6-12-10(9-11)7-8-14(12)4;1-13(2,3)11-8-4-6-10-7-5-9-14-12(10)11;1-8-5-6-9-10(7-8)14-11(13-9)12(2,3)4;1-11(2,3)10-14-9-7(13)4-6(12)5-8(9)15-10/h5-9H,1-4H3;4-9H,1-3H3;5-7H,1-4H3;4-5H,1-3H3. The molecule has 0 aliphatic rings. The fraction of sp³-hybridized carbons (Fsp3) is 0.367. The number of fused-ring (bicyclic) bond motifs is 4. The second-order valence-corrected chi connectivity index (χ2v) is 20.9. The van der Waals surface area contributed by atoms with Gasteiger partial charge in [0.1, 0.15) is 11.3 Å². The van der Waals surface area contributed by atoms with Crippen molar-refractivity contribution in [2.24, 2.45) is 7.05 Å². The number of thiazole rings is 2. The topological polar surface area (TPSA) is 43.6 Å². The Hall–Kier alpha value is -4.53. The van der Waals surface area contributed by atoms with E-state index in [0.29, 0.717) is 4.70 Å². The number of hydrogen-bond donors (Lipinski definition) is 0. The zero-order chi connectivity index (χ0) is 42.1. The molecule has 0 fully saturated rings. The molecule has 0 unspecified atom stereocenters. The van der Waals surface area contributed by atoms with Crippen molar-refractivity contribution in [3.8, 4) is 0 Å². The third kappa shape index (κ3) is 10.9. The second-order valence-electron chi connectivity index (χ2n) is 18.8. The number of aromatic nitrogens is 4. The van der Waals surface area contributed by atoms with Crippen LogP contribution >= 0.6 is 22.7 Å². The SMILES string of the molecule is CC(C)(C)c1cccc2cccnc12.CC(C)(C)c1nc2c(F)cc(F)cc2s1.Cc1ccc2nc(C(C)(C)C)sc2c1.Cn1ccc2cc(C(C)(C)C)ccc21. The molecule has 0 aliphatic carbocycles. The molecule has 0 atom stereocenters. The van der Waals surface area contributed by atoms with E-state index in [-0.39, 0.29) is 27.2 Å². The lowest BCUT2D eigenvalue weighted by Gasteiger charge is -2.20. The molecular weight excluding hydrogens is 747 g/mol. The first-order valence-electron chi connectivity index (χ1n) is 19.5. The van der Waals surface area contributed by atoms with Crippen molar-refractivity contribution >= 4 is 64.9 Å². The van der Waals surface area contributed by atoms with Gasteiger partial charge in [-0.1, -0.05) is 119 Å². The normalized spacial score (nSPS) is 12.2. The highest BCUT2D eigenvalue weighted by atomic mass is 32.1. The summed E-state index contributed by atoms with van der Waals surface area (Å²) in [4.78, 5) is 13.3. The Morgan fingerprint density at radius 3 is 1.88 bits per heavy atom. The maximum absolute atomic E-state index is 13.4. The number of para-hydroxylation sites is 1. The summed E-state index contributed by atoms with van der Waals surface area (Å²) in [7, 11) is 2.08. The van der Waals surface area contributed by atoms with Gasteiger partial charge in [0.25, 0.3) is 0 Å². The average molecular weight is 805 g/mol. The lowest BCUT2D eigenvalue weighted by molar-refractivity contribution is 0.580. The molecule has 8 rings (SSSR count). The number of hydrogen-bond acceptors (Lipinski definition) is 5. The van der Waals surface area contributed by atoms with Gasteiger partial charge >= 0.3 is 0 Å². The van der Waals surface area contributed by atoms with Crippen molar-refractivity contribution in [3.63, 3.8) is 0 Å². The van der Waals surface area contributed by atoms with Gasteiger partial charge in [0.05, 0.1) is 30.4 Å². The first-order valence-corrected chi connectivity index (χ1v) is 21.1. The third-order valence-electron chi connectivity index (χ3n) is 9.43. The summed E-state index contributed by atoms with van der Waals surface area (Å²) < 4.78 is 30.3. The quantitative estimate of drug-likeness (QED) is 0.153. The molecule has 8 heteroatoms. The van der Waals surface area contributed by atoms with Crippen LogP contribution in [0, 0.1) is 18.6 Å². The van der Waals surface area contributed by atoms with E-state index in [9.17, 15) is 8.78 Å². The van der Waals surface area contributed by atoms with Gasteiger partial charge < -0.3 is 4.57 Å². The van der Waals surface area contributed by atoms with Crippen molar-refractivity contribution in [2.75, 3.05) is 0 Å². The number of benzene rings is 4. The second kappa shape index (κ2) is 16.8. The van der Waals surface area contributed by atoms with E-state index in [4.69, 9.17) is 0 Å². The van der Waals surface area contributed by atoms with E-state index in [1.165, 1.54) is 60.1 Å². The highest BCUT2D eigenvalue weighted by Gasteiger charge is 2.21. The average Bonchev–Trinajstić information content (AvgIpc) is 3.85. The van der Waals surface area contributed by atoms with E-state index in [0.717, 1.165) is 22.1 Å². The Morgan fingerprint density at radius 2 is 1.23 bits per heavy atom. The van der Waals surface area contributed by atoms with Crippen molar-refractivity contribution in [1.82, 2.24) is 19.5 Å². The minimum Gasteiger partial charge on any atom is -0.351 e. The van der Waals surface area contributed by atoms with Crippen LogP contribution in [0.1, 0.15) is 110 Å². The van der Waals surface area contributed by atoms with Crippen LogP contribution in [-0.2, 0) is 28.7 Å². The molecule has 0 bridgehead atoms. The Labute approximate surface area is 346 Å². The van der Waals surface area contributed by atoms with Gasteiger partial charge in [0, 0.05) is 47.2 Å². The Balaban J connectivity index is 0.000000145. The third-order valence-corrected chi connectivity index (χ3v) is 12.3. The number of rotatable bonds is 0. The predicted molar refractivity (Wildman–Crippen MR) is 243 cm³/mol. The first-order chi connectivity index (χ1) is 26.4. The summed E-state index contributed by atoms with van der Waals surface area (Å²) in [6, 6.07) is 28.0. The van der Waals surface area contributed by atoms with Crippen LogP contribution in [0.5, 0.6) is 0 Å². The fourth-order valence-corrected chi connectivity index (χ4v) is 8.27. The molecule has 8 aromatic rings. The maximum Gasteiger partial charge on any atom is 0.153 e. The highest BCUT2D eigenvalue weighted by molar-refractivity contribution is 7.19. The lowest BCUT2D eigenvalue weighted by Crippen LogP contribution is -2.11. The molecule has 4 aromatic heterocycles. The van der Waals surface area contributed by atoms with Gasteiger partial charge in [-0.2, -0.15) is 0 Å². The van der Waals surface area contributed by atoms with E-state index < -0.39 is 11.6 Å². The summed E-state index contributed by atoms with van der Waals surface area (Å²) in [6.45, 7) is 28.1. The van der Waals surface area contributed by atoms with E-state index in [1.807, 2.05) is 44.4 Å². The summed E-state index contributed by atoms with van der Waals surface area (Å²) in [5.41, 5.74) is 8.29. The zero-order valence-electron chi connectivity index (χ0n) is 36.1. The summed E-state index contributed by atoms with van der Waals surface area (Å²) in [5, 5.41) is 4.60. The molecule has 4 nitrogen and oxygen atoms in total. The predicted octanol–water partition coefficient (Wildman–Crippen LogP) is 14.8. The monoisotopic (exact) mass is 804 g/mol. The first kappa shape index (κ1) is 43.6. The largest absolute Gasteiger partial charge is 0.351 e. The molecule has 4 heterocycles. The van der Waals surface area contributed by atoms with Crippen molar-refractivity contribution in [2.45, 2.75) is 112 Å².